The molecule has 3 unspecified atom stereocenters. The highest BCUT2D eigenvalue weighted by Crippen LogP contribution is 2.39. The van der Waals surface area contributed by atoms with Crippen LogP contribution in [0.25, 0.3) is 0 Å². The maximum absolute atomic E-state index is 12.6. The molecule has 3 aliphatic rings. The lowest BCUT2D eigenvalue weighted by Gasteiger charge is -2.28. The number of esters is 1. The number of rotatable bonds is 6. The number of allylic oxidation sites excluding steroid dienone is 2. The summed E-state index contributed by atoms with van der Waals surface area (Å²) in [7, 11) is 0. The first-order chi connectivity index (χ1) is 10.3. The summed E-state index contributed by atoms with van der Waals surface area (Å²) in [5.41, 5.74) is -0.961. The van der Waals surface area contributed by atoms with Gasteiger partial charge < -0.3 is 9.84 Å². The van der Waals surface area contributed by atoms with Crippen LogP contribution in [0.4, 0.5) is 0 Å². The van der Waals surface area contributed by atoms with Gasteiger partial charge in [-0.05, 0) is 51.4 Å². The second-order valence-corrected chi connectivity index (χ2v) is 7.02. The highest BCUT2D eigenvalue weighted by atomic mass is 16.6. The van der Waals surface area contributed by atoms with Gasteiger partial charge in [0.1, 0.15) is 17.8 Å². The molecule has 0 amide bonds. The minimum absolute atomic E-state index is 0.00111. The molecule has 3 aliphatic carbocycles. The van der Waals surface area contributed by atoms with Gasteiger partial charge in [-0.2, -0.15) is 0 Å². The number of fused-ring (bicyclic) bond motifs is 3. The summed E-state index contributed by atoms with van der Waals surface area (Å²) in [5, 5.41) is 8.59. The Morgan fingerprint density at radius 3 is 2.41 bits per heavy atom. The first kappa shape index (κ1) is 16.7. The van der Waals surface area contributed by atoms with E-state index in [4.69, 9.17) is 9.84 Å². The molecule has 1 fully saturated rings. The molecule has 0 heterocycles. The third-order valence-electron chi connectivity index (χ3n) is 4.57. The molecule has 22 heavy (non-hydrogen) atoms. The number of hydrogen-bond acceptors (Lipinski definition) is 4. The van der Waals surface area contributed by atoms with Crippen LogP contribution in [0, 0.1) is 17.8 Å². The molecule has 2 bridgehead atoms. The number of Topliss-reactive ketones (excluding diaryl/α,β-unsaturated/α-hetero) is 1. The number of carboxylic acids is 1. The molecule has 1 saturated carbocycles. The van der Waals surface area contributed by atoms with Crippen molar-refractivity contribution in [3.63, 3.8) is 0 Å². The Morgan fingerprint density at radius 1 is 1.14 bits per heavy atom. The van der Waals surface area contributed by atoms with Crippen LogP contribution in [-0.2, 0) is 19.1 Å². The van der Waals surface area contributed by atoms with Gasteiger partial charge in [-0.15, -0.1) is 0 Å². The van der Waals surface area contributed by atoms with Crippen LogP contribution in [0.3, 0.4) is 0 Å². The number of ketones is 1. The summed E-state index contributed by atoms with van der Waals surface area (Å²) < 4.78 is 5.16. The van der Waals surface area contributed by atoms with Crippen molar-refractivity contribution in [2.24, 2.45) is 17.8 Å². The van der Waals surface area contributed by atoms with E-state index in [1.807, 2.05) is 0 Å². The molecule has 0 saturated heterocycles. The molecule has 0 spiro atoms. The minimum Gasteiger partial charge on any atom is -0.481 e. The van der Waals surface area contributed by atoms with Crippen molar-refractivity contribution < 1.29 is 24.2 Å². The second kappa shape index (κ2) is 6.63. The Labute approximate surface area is 130 Å². The lowest BCUT2D eigenvalue weighted by Crippen LogP contribution is -2.35. The summed E-state index contributed by atoms with van der Waals surface area (Å²) in [6.07, 6.45) is 8.01. The number of carbonyl (C=O) groups excluding carboxylic acids is 2. The molecule has 5 heteroatoms. The monoisotopic (exact) mass is 308 g/mol. The lowest BCUT2D eigenvalue weighted by molar-refractivity contribution is -0.162. The van der Waals surface area contributed by atoms with Crippen molar-refractivity contribution in [2.75, 3.05) is 0 Å². The molecule has 3 atom stereocenters. The minimum atomic E-state index is -1.22. The van der Waals surface area contributed by atoms with Crippen LogP contribution in [0.5, 0.6) is 0 Å². The van der Waals surface area contributed by atoms with Gasteiger partial charge in [-0.25, -0.2) is 0 Å². The first-order valence-corrected chi connectivity index (χ1v) is 7.91. The number of aliphatic carboxylic acids is 1. The van der Waals surface area contributed by atoms with Crippen molar-refractivity contribution in [1.82, 2.24) is 0 Å². The third kappa shape index (κ3) is 4.42. The average molecular weight is 308 g/mol. The van der Waals surface area contributed by atoms with Gasteiger partial charge in [0.05, 0.1) is 0 Å². The number of carboxylic acid groups (broad SMARTS) is 1. The maximum Gasteiger partial charge on any atom is 0.317 e. The normalized spacial score (nSPS) is 27.3. The van der Waals surface area contributed by atoms with Crippen molar-refractivity contribution in [3.05, 3.63) is 12.2 Å². The SMILES string of the molecule is CC(C)(CC(=O)C1CCC2C=CC1CC2)OC(=O)CC(=O)O. The van der Waals surface area contributed by atoms with Crippen LogP contribution < -0.4 is 0 Å². The molecule has 0 aliphatic heterocycles. The van der Waals surface area contributed by atoms with E-state index >= 15 is 0 Å². The zero-order valence-electron chi connectivity index (χ0n) is 13.2. The van der Waals surface area contributed by atoms with Gasteiger partial charge in [0, 0.05) is 12.3 Å². The van der Waals surface area contributed by atoms with E-state index in [0.717, 1.165) is 25.7 Å². The Balaban J connectivity index is 1.93. The summed E-state index contributed by atoms with van der Waals surface area (Å²) in [4.78, 5) is 34.6. The lowest BCUT2D eigenvalue weighted by atomic mass is 9.80. The topological polar surface area (TPSA) is 80.7 Å². The van der Waals surface area contributed by atoms with Gasteiger partial charge >= 0.3 is 11.9 Å². The third-order valence-corrected chi connectivity index (χ3v) is 4.57. The predicted molar refractivity (Wildman–Crippen MR) is 80.1 cm³/mol. The quantitative estimate of drug-likeness (QED) is 0.463. The molecule has 5 nitrogen and oxygen atoms in total. The van der Waals surface area contributed by atoms with Crippen LogP contribution in [0.1, 0.15) is 52.4 Å². The molecule has 1 N–H and O–H groups in total. The van der Waals surface area contributed by atoms with E-state index in [-0.39, 0.29) is 18.1 Å². The van der Waals surface area contributed by atoms with E-state index in [1.54, 1.807) is 13.8 Å². The van der Waals surface area contributed by atoms with Crippen LogP contribution in [0.15, 0.2) is 12.2 Å². The zero-order chi connectivity index (χ0) is 16.3. The molecule has 0 radical (unpaired) electrons. The van der Waals surface area contributed by atoms with E-state index in [0.29, 0.717) is 11.8 Å². The number of ether oxygens (including phenoxy) is 1. The molecule has 122 valence electrons. The van der Waals surface area contributed by atoms with Gasteiger partial charge in [0.2, 0.25) is 0 Å². The summed E-state index contributed by atoms with van der Waals surface area (Å²) in [5.74, 6) is -0.997. The van der Waals surface area contributed by atoms with E-state index < -0.39 is 24.0 Å². The second-order valence-electron chi connectivity index (χ2n) is 7.02. The van der Waals surface area contributed by atoms with Gasteiger partial charge in [0.15, 0.2) is 0 Å². The fourth-order valence-corrected chi connectivity index (χ4v) is 3.54. The smallest absolute Gasteiger partial charge is 0.317 e. The fraction of sp³-hybridized carbons (Fsp3) is 0.706. The zero-order valence-corrected chi connectivity index (χ0v) is 13.2. The Hall–Kier alpha value is -1.65. The van der Waals surface area contributed by atoms with Crippen LogP contribution >= 0.6 is 0 Å². The van der Waals surface area contributed by atoms with Crippen molar-refractivity contribution >= 4 is 17.7 Å². The summed E-state index contributed by atoms with van der Waals surface area (Å²) in [6.45, 7) is 3.32. The maximum atomic E-state index is 12.6. The average Bonchev–Trinajstić information content (AvgIpc) is 2.69. The number of hydrogen-bond donors (Lipinski definition) is 1. The largest absolute Gasteiger partial charge is 0.481 e. The summed E-state index contributed by atoms with van der Waals surface area (Å²) in [6, 6.07) is 0. The first-order valence-electron chi connectivity index (χ1n) is 7.91. The molecule has 0 aromatic carbocycles. The van der Waals surface area contributed by atoms with Gasteiger partial charge in [-0.1, -0.05) is 12.2 Å². The molecule has 3 rings (SSSR count). The molecule has 0 aromatic heterocycles. The number of carbonyl (C=O) groups is 3. The Kier molecular flexibility index (Phi) is 5.04. The van der Waals surface area contributed by atoms with E-state index in [2.05, 4.69) is 12.2 Å². The highest BCUT2D eigenvalue weighted by Gasteiger charge is 2.36. The Bertz CT molecular complexity index is 491. The Morgan fingerprint density at radius 2 is 1.82 bits per heavy atom. The molecule has 0 aromatic rings. The fourth-order valence-electron chi connectivity index (χ4n) is 3.54. The molecular formula is C17H24O5. The van der Waals surface area contributed by atoms with E-state index in [9.17, 15) is 14.4 Å². The molecular weight excluding hydrogens is 284 g/mol. The van der Waals surface area contributed by atoms with Crippen LogP contribution in [-0.4, -0.2) is 28.4 Å². The van der Waals surface area contributed by atoms with Gasteiger partial charge in [-0.3, -0.25) is 14.4 Å². The van der Waals surface area contributed by atoms with Crippen molar-refractivity contribution in [2.45, 2.75) is 58.0 Å². The van der Waals surface area contributed by atoms with Gasteiger partial charge in [0.25, 0.3) is 0 Å². The van der Waals surface area contributed by atoms with Crippen molar-refractivity contribution in [1.29, 1.82) is 0 Å². The van der Waals surface area contributed by atoms with Crippen LogP contribution in [0.2, 0.25) is 0 Å². The highest BCUT2D eigenvalue weighted by molar-refractivity contribution is 5.90. The van der Waals surface area contributed by atoms with Crippen molar-refractivity contribution in [3.8, 4) is 0 Å². The standard InChI is InChI=1S/C17H24O5/c1-17(2,22-16(21)9-15(19)20)10-14(18)13-8-5-11-3-6-12(13)7-4-11/h3,6,11-13H,4-5,7-10H2,1-2H3,(H,19,20). The predicted octanol–water partition coefficient (Wildman–Crippen LogP) is 2.73. The van der Waals surface area contributed by atoms with E-state index in [1.165, 1.54) is 0 Å². The summed E-state index contributed by atoms with van der Waals surface area (Å²) >= 11 is 0.